The molecule has 0 saturated heterocycles. The molecule has 32 heavy (non-hydrogen) atoms. The van der Waals surface area contributed by atoms with Gasteiger partial charge >= 0.3 is 0 Å². The zero-order valence-corrected chi connectivity index (χ0v) is 17.8. The predicted octanol–water partition coefficient (Wildman–Crippen LogP) is 3.95. The molecule has 0 fully saturated rings. The Balaban J connectivity index is 1.56. The van der Waals surface area contributed by atoms with Gasteiger partial charge in [0.1, 0.15) is 12.1 Å². The number of fused-ring (bicyclic) bond motifs is 1. The van der Waals surface area contributed by atoms with Crippen molar-refractivity contribution in [1.82, 2.24) is 29.5 Å². The van der Waals surface area contributed by atoms with E-state index in [1.54, 1.807) is 25.6 Å². The van der Waals surface area contributed by atoms with E-state index in [1.807, 2.05) is 53.2 Å². The third kappa shape index (κ3) is 3.72. The van der Waals surface area contributed by atoms with Crippen LogP contribution in [0, 0.1) is 0 Å². The van der Waals surface area contributed by atoms with Gasteiger partial charge in [-0.1, -0.05) is 28.9 Å². The molecule has 5 rings (SSSR count). The summed E-state index contributed by atoms with van der Waals surface area (Å²) in [6.07, 6.45) is 6.41. The van der Waals surface area contributed by atoms with Crippen molar-refractivity contribution in [1.29, 1.82) is 0 Å². The average Bonchev–Trinajstić information content (AvgIpc) is 3.46. The van der Waals surface area contributed by atoms with Crippen LogP contribution in [-0.4, -0.2) is 42.4 Å². The Kier molecular flexibility index (Phi) is 5.12. The minimum Gasteiger partial charge on any atom is -0.497 e. The smallest absolute Gasteiger partial charge is 0.217 e. The van der Waals surface area contributed by atoms with Gasteiger partial charge in [0, 0.05) is 46.5 Å². The molecule has 3 aromatic heterocycles. The van der Waals surface area contributed by atoms with Crippen molar-refractivity contribution < 1.29 is 9.53 Å². The molecule has 0 aliphatic carbocycles. The molecule has 3 heterocycles. The van der Waals surface area contributed by atoms with Crippen molar-refractivity contribution in [3.63, 3.8) is 0 Å². The van der Waals surface area contributed by atoms with Crippen LogP contribution in [0.25, 0.3) is 16.7 Å². The minimum atomic E-state index is -0.238. The quantitative estimate of drug-likeness (QED) is 0.368. The number of rotatable bonds is 6. The molecule has 0 aliphatic heterocycles. The Morgan fingerprint density at radius 1 is 1.09 bits per heavy atom. The molecule has 2 aromatic carbocycles. The second-order valence-corrected chi connectivity index (χ2v) is 7.56. The number of carbonyl (C=O) groups excluding carboxylic acids is 1. The molecule has 9 heteroatoms. The minimum absolute atomic E-state index is 0.219. The maximum Gasteiger partial charge on any atom is 0.217 e. The predicted molar refractivity (Wildman–Crippen MR) is 119 cm³/mol. The Bertz CT molecular complexity index is 1410. The Hall–Kier alpha value is -4.04. The number of nitrogens with zero attached hydrogens (tertiary/aromatic N) is 6. The summed E-state index contributed by atoms with van der Waals surface area (Å²) >= 11 is 6.01. The molecule has 0 amide bonds. The Morgan fingerprint density at radius 2 is 1.94 bits per heavy atom. The van der Waals surface area contributed by atoms with Gasteiger partial charge in [0.05, 0.1) is 13.3 Å². The molecule has 0 bridgehead atoms. The fourth-order valence-electron chi connectivity index (χ4n) is 3.54. The zero-order chi connectivity index (χ0) is 22.1. The molecule has 5 aromatic rings. The van der Waals surface area contributed by atoms with E-state index in [4.69, 9.17) is 16.3 Å². The summed E-state index contributed by atoms with van der Waals surface area (Å²) < 4.78 is 8.86. The van der Waals surface area contributed by atoms with Crippen molar-refractivity contribution in [2.45, 2.75) is 6.54 Å². The van der Waals surface area contributed by atoms with E-state index >= 15 is 0 Å². The highest BCUT2D eigenvalue weighted by atomic mass is 35.5. The maximum absolute atomic E-state index is 13.4. The van der Waals surface area contributed by atoms with Crippen LogP contribution in [-0.2, 0) is 6.54 Å². The first-order chi connectivity index (χ1) is 15.6. The highest BCUT2D eigenvalue weighted by molar-refractivity contribution is 6.30. The van der Waals surface area contributed by atoms with Crippen LogP contribution in [0.1, 0.15) is 21.6 Å². The Morgan fingerprint density at radius 3 is 2.69 bits per heavy atom. The van der Waals surface area contributed by atoms with E-state index in [1.165, 1.54) is 11.0 Å². The van der Waals surface area contributed by atoms with E-state index in [2.05, 4.69) is 20.3 Å². The standard InChI is InChI=1S/C23H17ClN6O2/c1-32-17-6-7-21-18(10-17)19(12-29(21)11-15-2-4-16(24)5-3-15)23(31)20-13-30(28-27-20)22-8-9-25-14-26-22/h2-10,12-14H,11H2,1H3. The van der Waals surface area contributed by atoms with Crippen LogP contribution in [0.2, 0.25) is 5.02 Å². The van der Waals surface area contributed by atoms with Crippen LogP contribution in [0.5, 0.6) is 5.75 Å². The molecule has 0 atom stereocenters. The van der Waals surface area contributed by atoms with E-state index < -0.39 is 0 Å². The van der Waals surface area contributed by atoms with Crippen LogP contribution in [0.4, 0.5) is 0 Å². The van der Waals surface area contributed by atoms with E-state index in [0.29, 0.717) is 28.7 Å². The third-order valence-corrected chi connectivity index (χ3v) is 5.38. The van der Waals surface area contributed by atoms with Crippen molar-refractivity contribution in [2.75, 3.05) is 7.11 Å². The zero-order valence-electron chi connectivity index (χ0n) is 17.0. The normalized spacial score (nSPS) is 11.1. The van der Waals surface area contributed by atoms with Gasteiger partial charge in [0.15, 0.2) is 11.5 Å². The molecule has 8 nitrogen and oxygen atoms in total. The van der Waals surface area contributed by atoms with Crippen molar-refractivity contribution in [3.8, 4) is 11.6 Å². The van der Waals surface area contributed by atoms with Crippen LogP contribution in [0.3, 0.4) is 0 Å². The molecule has 0 spiro atoms. The number of methoxy groups -OCH3 is 1. The molecule has 0 unspecified atom stereocenters. The molecule has 0 N–H and O–H groups in total. The van der Waals surface area contributed by atoms with Gasteiger partial charge in [-0.05, 0) is 35.9 Å². The first-order valence-corrected chi connectivity index (χ1v) is 10.1. The number of benzene rings is 2. The number of ether oxygens (including phenoxy) is 1. The van der Waals surface area contributed by atoms with Gasteiger partial charge in [0.25, 0.3) is 0 Å². The average molecular weight is 445 g/mol. The number of halogens is 1. The number of aromatic nitrogens is 6. The van der Waals surface area contributed by atoms with E-state index in [9.17, 15) is 4.79 Å². The van der Waals surface area contributed by atoms with E-state index in [0.717, 1.165) is 16.5 Å². The molecule has 158 valence electrons. The lowest BCUT2D eigenvalue weighted by Gasteiger charge is -2.06. The molecular weight excluding hydrogens is 428 g/mol. The van der Waals surface area contributed by atoms with Gasteiger partial charge < -0.3 is 9.30 Å². The summed E-state index contributed by atoms with van der Waals surface area (Å²) in [5.74, 6) is 0.956. The summed E-state index contributed by atoms with van der Waals surface area (Å²) in [6.45, 7) is 0.584. The highest BCUT2D eigenvalue weighted by Gasteiger charge is 2.21. The second-order valence-electron chi connectivity index (χ2n) is 7.13. The van der Waals surface area contributed by atoms with Crippen LogP contribution < -0.4 is 4.74 Å². The van der Waals surface area contributed by atoms with E-state index in [-0.39, 0.29) is 11.5 Å². The third-order valence-electron chi connectivity index (χ3n) is 5.13. The number of hydrogen-bond acceptors (Lipinski definition) is 6. The fraction of sp³-hybridized carbons (Fsp3) is 0.0870. The van der Waals surface area contributed by atoms with Gasteiger partial charge in [-0.3, -0.25) is 4.79 Å². The molecule has 0 radical (unpaired) electrons. The number of carbonyl (C=O) groups is 1. The van der Waals surface area contributed by atoms with Crippen LogP contribution >= 0.6 is 11.6 Å². The SMILES string of the molecule is COc1ccc2c(c1)c(C(=O)c1cn(-c3ccncn3)nn1)cn2Cc1ccc(Cl)cc1. The number of hydrogen-bond donors (Lipinski definition) is 0. The summed E-state index contributed by atoms with van der Waals surface area (Å²) in [7, 11) is 1.60. The Labute approximate surface area is 188 Å². The summed E-state index contributed by atoms with van der Waals surface area (Å²) in [6, 6.07) is 15.0. The van der Waals surface area contributed by atoms with Crippen molar-refractivity contribution in [2.24, 2.45) is 0 Å². The second kappa shape index (κ2) is 8.24. The lowest BCUT2D eigenvalue weighted by molar-refractivity contribution is 0.103. The monoisotopic (exact) mass is 444 g/mol. The maximum atomic E-state index is 13.4. The summed E-state index contributed by atoms with van der Waals surface area (Å²) in [4.78, 5) is 21.4. The largest absolute Gasteiger partial charge is 0.497 e. The highest BCUT2D eigenvalue weighted by Crippen LogP contribution is 2.28. The number of ketones is 1. The lowest BCUT2D eigenvalue weighted by Crippen LogP contribution is -2.02. The van der Waals surface area contributed by atoms with Crippen molar-refractivity contribution >= 4 is 28.3 Å². The first-order valence-electron chi connectivity index (χ1n) is 9.77. The summed E-state index contributed by atoms with van der Waals surface area (Å²) in [5.41, 5.74) is 2.71. The van der Waals surface area contributed by atoms with Crippen LogP contribution in [0.15, 0.2) is 73.4 Å². The first kappa shape index (κ1) is 19.9. The molecular formula is C23H17ClN6O2. The van der Waals surface area contributed by atoms with Crippen molar-refractivity contribution in [3.05, 3.63) is 95.3 Å². The van der Waals surface area contributed by atoms with Gasteiger partial charge in [-0.2, -0.15) is 0 Å². The fourth-order valence-corrected chi connectivity index (χ4v) is 3.66. The lowest BCUT2D eigenvalue weighted by atomic mass is 10.1. The van der Waals surface area contributed by atoms with Gasteiger partial charge in [-0.15, -0.1) is 5.10 Å². The molecule has 0 aliphatic rings. The summed E-state index contributed by atoms with van der Waals surface area (Å²) in [5, 5.41) is 9.57. The molecule has 0 saturated carbocycles. The van der Waals surface area contributed by atoms with Gasteiger partial charge in [0.2, 0.25) is 5.78 Å². The van der Waals surface area contributed by atoms with Gasteiger partial charge in [-0.25, -0.2) is 14.6 Å². The topological polar surface area (TPSA) is 87.7 Å².